The van der Waals surface area contributed by atoms with Crippen molar-refractivity contribution in [2.45, 2.75) is 51.4 Å². The Labute approximate surface area is 141 Å². The van der Waals surface area contributed by atoms with Crippen LogP contribution in [0.2, 0.25) is 0 Å². The summed E-state index contributed by atoms with van der Waals surface area (Å²) < 4.78 is 0. The summed E-state index contributed by atoms with van der Waals surface area (Å²) in [5.74, 6) is 1.52. The molecule has 23 heavy (non-hydrogen) atoms. The lowest BCUT2D eigenvalue weighted by molar-refractivity contribution is 0.309. The quantitative estimate of drug-likeness (QED) is 0.652. The van der Waals surface area contributed by atoms with Gasteiger partial charge in [0.1, 0.15) is 0 Å². The summed E-state index contributed by atoms with van der Waals surface area (Å²) in [6.07, 6.45) is 15.6. The fourth-order valence-corrected chi connectivity index (χ4v) is 3.81. The number of rotatable bonds is 6. The topological polar surface area (TPSA) is 26.0 Å². The predicted molar refractivity (Wildman–Crippen MR) is 101 cm³/mol. The van der Waals surface area contributed by atoms with Crippen LogP contribution in [-0.4, -0.2) is 0 Å². The fourth-order valence-electron chi connectivity index (χ4n) is 3.81. The maximum Gasteiger partial charge on any atom is 0.0393 e. The van der Waals surface area contributed by atoms with Gasteiger partial charge in [-0.3, -0.25) is 0 Å². The molecule has 0 spiro atoms. The van der Waals surface area contributed by atoms with Gasteiger partial charge in [0.05, 0.1) is 0 Å². The average Bonchev–Trinajstić information content (AvgIpc) is 3.37. The highest BCUT2D eigenvalue weighted by Crippen LogP contribution is 2.45. The van der Waals surface area contributed by atoms with Gasteiger partial charge in [0.25, 0.3) is 0 Å². The number of hydrogen-bond donors (Lipinski definition) is 1. The van der Waals surface area contributed by atoms with Gasteiger partial charge in [-0.25, -0.2) is 0 Å². The Balaban J connectivity index is 1.93. The minimum absolute atomic E-state index is 0.158. The van der Waals surface area contributed by atoms with Crippen molar-refractivity contribution < 1.29 is 0 Å². The van der Waals surface area contributed by atoms with Gasteiger partial charge in [-0.15, -0.1) is 0 Å². The van der Waals surface area contributed by atoms with Crippen LogP contribution < -0.4 is 5.73 Å². The first kappa shape index (κ1) is 16.1. The fraction of sp³-hybridized carbons (Fsp3) is 0.455. The molecule has 1 aromatic rings. The molecule has 1 aromatic carbocycles. The lowest BCUT2D eigenvalue weighted by atomic mass is 9.66. The maximum atomic E-state index is 6.32. The van der Waals surface area contributed by atoms with E-state index in [2.05, 4.69) is 56.0 Å². The van der Waals surface area contributed by atoms with Crippen molar-refractivity contribution in [2.75, 3.05) is 5.73 Å². The molecule has 1 saturated carbocycles. The molecule has 2 atom stereocenters. The van der Waals surface area contributed by atoms with E-state index in [-0.39, 0.29) is 5.41 Å². The first-order valence-electron chi connectivity index (χ1n) is 8.90. The van der Waals surface area contributed by atoms with Gasteiger partial charge in [-0.2, -0.15) is 0 Å². The number of hydrogen-bond acceptors (Lipinski definition) is 1. The largest absolute Gasteiger partial charge is 0.398 e. The Morgan fingerprint density at radius 2 is 2.09 bits per heavy atom. The van der Waals surface area contributed by atoms with Crippen LogP contribution in [0.15, 0.2) is 49.1 Å². The van der Waals surface area contributed by atoms with Gasteiger partial charge >= 0.3 is 0 Å². The van der Waals surface area contributed by atoms with Crippen LogP contribution in [0.5, 0.6) is 0 Å². The Morgan fingerprint density at radius 3 is 2.65 bits per heavy atom. The van der Waals surface area contributed by atoms with Crippen molar-refractivity contribution in [3.05, 3.63) is 60.2 Å². The molecule has 0 aliphatic heterocycles. The highest BCUT2D eigenvalue weighted by molar-refractivity contribution is 5.73. The standard InChI is InChI=1S/C22H29N/c1-16(2)20-12-11-19(15-21(20)23)22(3,14-13-17-9-10-17)18-7-5-4-6-8-18/h4-7,11-12,15,17-18H,1,8-10,13-14,23H2,2-3H3/t18?,22-/m0/s1. The van der Waals surface area contributed by atoms with Crippen LogP contribution in [0.25, 0.3) is 5.57 Å². The monoisotopic (exact) mass is 307 g/mol. The summed E-state index contributed by atoms with van der Waals surface area (Å²) >= 11 is 0. The zero-order valence-electron chi connectivity index (χ0n) is 14.5. The van der Waals surface area contributed by atoms with Gasteiger partial charge in [0.15, 0.2) is 0 Å². The number of allylic oxidation sites excluding steroid dienone is 5. The van der Waals surface area contributed by atoms with Gasteiger partial charge in [0.2, 0.25) is 0 Å². The van der Waals surface area contributed by atoms with Crippen LogP contribution in [-0.2, 0) is 5.41 Å². The first-order valence-corrected chi connectivity index (χ1v) is 8.90. The van der Waals surface area contributed by atoms with Crippen molar-refractivity contribution >= 4 is 11.3 Å². The summed E-state index contributed by atoms with van der Waals surface area (Å²) in [6.45, 7) is 8.48. The van der Waals surface area contributed by atoms with Crippen molar-refractivity contribution in [1.29, 1.82) is 0 Å². The molecule has 0 radical (unpaired) electrons. The van der Waals surface area contributed by atoms with Crippen LogP contribution in [0.3, 0.4) is 0 Å². The Kier molecular flexibility index (Phi) is 4.48. The minimum Gasteiger partial charge on any atom is -0.398 e. The van der Waals surface area contributed by atoms with Crippen LogP contribution in [0, 0.1) is 11.8 Å². The van der Waals surface area contributed by atoms with Crippen molar-refractivity contribution in [3.8, 4) is 0 Å². The SMILES string of the molecule is C=C(C)c1ccc([C@@](C)(CCC2CC2)C2C=CC=CC2)cc1N. The third-order valence-electron chi connectivity index (χ3n) is 5.74. The predicted octanol–water partition coefficient (Wildman–Crippen LogP) is 5.88. The number of nitrogen functional groups attached to an aromatic ring is 1. The molecular formula is C22H29N. The van der Waals surface area contributed by atoms with E-state index in [1.807, 2.05) is 6.92 Å². The molecule has 1 nitrogen and oxygen atoms in total. The highest BCUT2D eigenvalue weighted by Gasteiger charge is 2.36. The van der Waals surface area contributed by atoms with Gasteiger partial charge in [0, 0.05) is 5.69 Å². The molecule has 122 valence electrons. The second-order valence-corrected chi connectivity index (χ2v) is 7.64. The zero-order valence-corrected chi connectivity index (χ0v) is 14.5. The molecule has 2 aliphatic rings. The normalized spacial score (nSPS) is 22.8. The summed E-state index contributed by atoms with van der Waals surface area (Å²) in [7, 11) is 0. The Bertz CT molecular complexity index is 648. The van der Waals surface area contributed by atoms with Crippen molar-refractivity contribution in [3.63, 3.8) is 0 Å². The Morgan fingerprint density at radius 1 is 1.30 bits per heavy atom. The van der Waals surface area contributed by atoms with Crippen LogP contribution in [0.1, 0.15) is 57.1 Å². The molecule has 0 heterocycles. The van der Waals surface area contributed by atoms with E-state index >= 15 is 0 Å². The second-order valence-electron chi connectivity index (χ2n) is 7.64. The van der Waals surface area contributed by atoms with Crippen LogP contribution in [0.4, 0.5) is 5.69 Å². The molecule has 0 saturated heterocycles. The summed E-state index contributed by atoms with van der Waals surface area (Å²) in [5, 5.41) is 0. The molecule has 2 N–H and O–H groups in total. The lowest BCUT2D eigenvalue weighted by Gasteiger charge is -2.38. The molecule has 1 heteroatoms. The molecular weight excluding hydrogens is 278 g/mol. The van der Waals surface area contributed by atoms with Crippen LogP contribution >= 0.6 is 0 Å². The number of anilines is 1. The second kappa shape index (κ2) is 6.39. The molecule has 3 rings (SSSR count). The average molecular weight is 307 g/mol. The summed E-state index contributed by atoms with van der Waals surface area (Å²) in [5.41, 5.74) is 10.8. The van der Waals surface area contributed by atoms with E-state index in [1.165, 1.54) is 31.2 Å². The lowest BCUT2D eigenvalue weighted by Crippen LogP contribution is -2.32. The third kappa shape index (κ3) is 3.44. The van der Waals surface area contributed by atoms with Crippen molar-refractivity contribution in [1.82, 2.24) is 0 Å². The molecule has 1 unspecified atom stereocenters. The van der Waals surface area contributed by atoms with E-state index in [0.29, 0.717) is 5.92 Å². The Hall–Kier alpha value is -1.76. The molecule has 0 aromatic heterocycles. The maximum absolute atomic E-state index is 6.32. The van der Waals surface area contributed by atoms with E-state index in [1.54, 1.807) is 0 Å². The summed E-state index contributed by atoms with van der Waals surface area (Å²) in [6, 6.07) is 6.63. The minimum atomic E-state index is 0.158. The van der Waals surface area contributed by atoms with E-state index in [0.717, 1.165) is 29.2 Å². The number of benzene rings is 1. The molecule has 1 fully saturated rings. The van der Waals surface area contributed by atoms with Gasteiger partial charge in [-0.05, 0) is 66.2 Å². The first-order chi connectivity index (χ1) is 11.0. The third-order valence-corrected chi connectivity index (χ3v) is 5.74. The smallest absolute Gasteiger partial charge is 0.0393 e. The van der Waals surface area contributed by atoms with E-state index in [4.69, 9.17) is 5.73 Å². The highest BCUT2D eigenvalue weighted by atomic mass is 14.6. The zero-order chi connectivity index (χ0) is 16.4. The molecule has 0 amide bonds. The summed E-state index contributed by atoms with van der Waals surface area (Å²) in [4.78, 5) is 0. The van der Waals surface area contributed by atoms with E-state index in [9.17, 15) is 0 Å². The van der Waals surface area contributed by atoms with E-state index < -0.39 is 0 Å². The molecule has 0 bridgehead atoms. The number of nitrogens with two attached hydrogens (primary N) is 1. The van der Waals surface area contributed by atoms with Crippen molar-refractivity contribution in [2.24, 2.45) is 11.8 Å². The van der Waals surface area contributed by atoms with Gasteiger partial charge < -0.3 is 5.73 Å². The van der Waals surface area contributed by atoms with Gasteiger partial charge in [-0.1, -0.05) is 62.8 Å². The molecule has 2 aliphatic carbocycles.